The molecule has 1 aliphatic heterocycles. The summed E-state index contributed by atoms with van der Waals surface area (Å²) in [4.78, 5) is 22.1. The first-order valence-electron chi connectivity index (χ1n) is 6.44. The number of nitrogens with one attached hydrogen (secondary N) is 1. The summed E-state index contributed by atoms with van der Waals surface area (Å²) in [6, 6.07) is 4.63. The van der Waals surface area contributed by atoms with Gasteiger partial charge in [0.15, 0.2) is 11.5 Å². The number of fused-ring (bicyclic) bond motifs is 1. The largest absolute Gasteiger partial charge is 0.490 e. The van der Waals surface area contributed by atoms with Gasteiger partial charge in [0, 0.05) is 13.3 Å². The van der Waals surface area contributed by atoms with Gasteiger partial charge in [-0.3, -0.25) is 9.59 Å². The second-order valence-corrected chi connectivity index (χ2v) is 4.61. The third kappa shape index (κ3) is 3.63. The molecule has 1 aromatic rings. The zero-order valence-electron chi connectivity index (χ0n) is 11.2. The van der Waals surface area contributed by atoms with Crippen LogP contribution >= 0.6 is 0 Å². The summed E-state index contributed by atoms with van der Waals surface area (Å²) in [5.41, 5.74) is 0.687. The SMILES string of the molecule is CC(=O)NC(CC(=O)O)c1ccc2c(c1)OCCCO2. The molecule has 0 radical (unpaired) electrons. The van der Waals surface area contributed by atoms with Crippen LogP contribution in [0.2, 0.25) is 0 Å². The maximum atomic E-state index is 11.2. The van der Waals surface area contributed by atoms with Crippen LogP contribution in [0.1, 0.15) is 31.4 Å². The number of benzene rings is 1. The third-order valence-electron chi connectivity index (χ3n) is 2.93. The number of carbonyl (C=O) groups excluding carboxylic acids is 1. The first kappa shape index (κ1) is 14.2. The molecule has 0 fully saturated rings. The number of amides is 1. The molecule has 20 heavy (non-hydrogen) atoms. The molecule has 2 rings (SSSR count). The minimum absolute atomic E-state index is 0.181. The summed E-state index contributed by atoms with van der Waals surface area (Å²) in [5, 5.41) is 11.6. The zero-order chi connectivity index (χ0) is 14.5. The standard InChI is InChI=1S/C14H17NO5/c1-9(16)15-11(8-14(17)18)10-3-4-12-13(7-10)20-6-2-5-19-12/h3-4,7,11H,2,5-6,8H2,1H3,(H,15,16)(H,17,18). The van der Waals surface area contributed by atoms with Crippen LogP contribution in [0, 0.1) is 0 Å². The van der Waals surface area contributed by atoms with E-state index in [1.165, 1.54) is 6.92 Å². The lowest BCUT2D eigenvalue weighted by Crippen LogP contribution is -2.28. The topological polar surface area (TPSA) is 84.9 Å². The van der Waals surface area contributed by atoms with Crippen LogP contribution in [0.25, 0.3) is 0 Å². The number of hydrogen-bond donors (Lipinski definition) is 2. The van der Waals surface area contributed by atoms with Crippen LogP contribution in [-0.2, 0) is 9.59 Å². The maximum Gasteiger partial charge on any atom is 0.305 e. The van der Waals surface area contributed by atoms with Crippen molar-refractivity contribution in [3.63, 3.8) is 0 Å². The Labute approximate surface area is 116 Å². The molecule has 108 valence electrons. The van der Waals surface area contributed by atoms with Crippen molar-refractivity contribution in [2.75, 3.05) is 13.2 Å². The lowest BCUT2D eigenvalue weighted by molar-refractivity contribution is -0.137. The predicted molar refractivity (Wildman–Crippen MR) is 70.9 cm³/mol. The fourth-order valence-electron chi connectivity index (χ4n) is 2.07. The van der Waals surface area contributed by atoms with Crippen molar-refractivity contribution in [3.8, 4) is 11.5 Å². The minimum Gasteiger partial charge on any atom is -0.490 e. The summed E-state index contributed by atoms with van der Waals surface area (Å²) in [5.74, 6) is -0.0249. The lowest BCUT2D eigenvalue weighted by atomic mass is 10.0. The van der Waals surface area contributed by atoms with E-state index in [9.17, 15) is 9.59 Å². The summed E-state index contributed by atoms with van der Waals surface area (Å²) in [7, 11) is 0. The Bertz CT molecular complexity index is 498. The number of carboxylic acids is 1. The molecule has 0 aliphatic carbocycles. The van der Waals surface area contributed by atoms with Gasteiger partial charge in [0.05, 0.1) is 25.7 Å². The van der Waals surface area contributed by atoms with Gasteiger partial charge >= 0.3 is 5.97 Å². The third-order valence-corrected chi connectivity index (χ3v) is 2.93. The second-order valence-electron chi connectivity index (χ2n) is 4.61. The van der Waals surface area contributed by atoms with Gasteiger partial charge in [-0.05, 0) is 17.7 Å². The molecule has 0 bridgehead atoms. The van der Waals surface area contributed by atoms with Crippen molar-refractivity contribution >= 4 is 11.9 Å². The Morgan fingerprint density at radius 3 is 2.65 bits per heavy atom. The van der Waals surface area contributed by atoms with Crippen molar-refractivity contribution in [1.29, 1.82) is 0 Å². The molecule has 0 saturated carbocycles. The molecule has 0 spiro atoms. The number of rotatable bonds is 4. The van der Waals surface area contributed by atoms with Crippen LogP contribution in [0.3, 0.4) is 0 Å². The molecule has 1 aliphatic rings. The van der Waals surface area contributed by atoms with Crippen molar-refractivity contribution in [1.82, 2.24) is 5.32 Å². The smallest absolute Gasteiger partial charge is 0.305 e. The highest BCUT2D eigenvalue weighted by molar-refractivity contribution is 5.75. The van der Waals surface area contributed by atoms with Crippen LogP contribution in [-0.4, -0.2) is 30.2 Å². The van der Waals surface area contributed by atoms with Gasteiger partial charge in [0.1, 0.15) is 0 Å². The van der Waals surface area contributed by atoms with Crippen molar-refractivity contribution in [2.45, 2.75) is 25.8 Å². The first-order valence-corrected chi connectivity index (χ1v) is 6.44. The van der Waals surface area contributed by atoms with Gasteiger partial charge in [-0.15, -0.1) is 0 Å². The van der Waals surface area contributed by atoms with E-state index in [1.807, 2.05) is 0 Å². The molecule has 6 nitrogen and oxygen atoms in total. The Morgan fingerprint density at radius 2 is 2.00 bits per heavy atom. The van der Waals surface area contributed by atoms with E-state index >= 15 is 0 Å². The fourth-order valence-corrected chi connectivity index (χ4v) is 2.07. The molecule has 0 aromatic heterocycles. The number of carboxylic acid groups (broad SMARTS) is 1. The van der Waals surface area contributed by atoms with E-state index in [2.05, 4.69) is 5.32 Å². The maximum absolute atomic E-state index is 11.2. The zero-order valence-corrected chi connectivity index (χ0v) is 11.2. The molecule has 6 heteroatoms. The molecular formula is C14H17NO5. The number of ether oxygens (including phenoxy) is 2. The van der Waals surface area contributed by atoms with Gasteiger partial charge in [-0.2, -0.15) is 0 Å². The van der Waals surface area contributed by atoms with E-state index in [4.69, 9.17) is 14.6 Å². The molecule has 1 aromatic carbocycles. The van der Waals surface area contributed by atoms with E-state index in [-0.39, 0.29) is 12.3 Å². The van der Waals surface area contributed by atoms with Gasteiger partial charge < -0.3 is 19.9 Å². The minimum atomic E-state index is -0.976. The molecule has 1 heterocycles. The fraction of sp³-hybridized carbons (Fsp3) is 0.429. The molecule has 1 atom stereocenters. The monoisotopic (exact) mass is 279 g/mol. The van der Waals surface area contributed by atoms with Crippen LogP contribution < -0.4 is 14.8 Å². The predicted octanol–water partition coefficient (Wildman–Crippen LogP) is 1.50. The van der Waals surface area contributed by atoms with E-state index < -0.39 is 12.0 Å². The average Bonchev–Trinajstić information content (AvgIpc) is 2.61. The van der Waals surface area contributed by atoms with E-state index in [0.29, 0.717) is 30.3 Å². The lowest BCUT2D eigenvalue weighted by Gasteiger charge is -2.18. The molecule has 2 N–H and O–H groups in total. The van der Waals surface area contributed by atoms with Gasteiger partial charge in [-0.25, -0.2) is 0 Å². The quantitative estimate of drug-likeness (QED) is 0.872. The van der Waals surface area contributed by atoms with Crippen molar-refractivity contribution in [3.05, 3.63) is 23.8 Å². The van der Waals surface area contributed by atoms with Gasteiger partial charge in [0.25, 0.3) is 0 Å². The molecule has 1 amide bonds. The first-order chi connectivity index (χ1) is 9.56. The molecule has 0 saturated heterocycles. The average molecular weight is 279 g/mol. The Hall–Kier alpha value is -2.24. The molecular weight excluding hydrogens is 262 g/mol. The Kier molecular flexibility index (Phi) is 4.45. The second kappa shape index (κ2) is 6.27. The Balaban J connectivity index is 2.26. The van der Waals surface area contributed by atoms with Gasteiger partial charge in [0.2, 0.25) is 5.91 Å². The van der Waals surface area contributed by atoms with E-state index in [0.717, 1.165) is 6.42 Å². The summed E-state index contributed by atoms with van der Waals surface area (Å²) < 4.78 is 11.1. The van der Waals surface area contributed by atoms with Crippen LogP contribution in [0.4, 0.5) is 0 Å². The highest BCUT2D eigenvalue weighted by Crippen LogP contribution is 2.33. The molecule has 1 unspecified atom stereocenters. The number of carbonyl (C=O) groups is 2. The van der Waals surface area contributed by atoms with Gasteiger partial charge in [-0.1, -0.05) is 6.07 Å². The van der Waals surface area contributed by atoms with Crippen LogP contribution in [0.5, 0.6) is 11.5 Å². The number of hydrogen-bond acceptors (Lipinski definition) is 4. The highest BCUT2D eigenvalue weighted by Gasteiger charge is 2.19. The summed E-state index contributed by atoms with van der Waals surface area (Å²) in [6.07, 6.45) is 0.619. The highest BCUT2D eigenvalue weighted by atomic mass is 16.5. The number of aliphatic carboxylic acids is 1. The normalized spacial score (nSPS) is 15.1. The van der Waals surface area contributed by atoms with Crippen molar-refractivity contribution < 1.29 is 24.2 Å². The summed E-state index contributed by atoms with van der Waals surface area (Å²) >= 11 is 0. The van der Waals surface area contributed by atoms with E-state index in [1.54, 1.807) is 18.2 Å². The van der Waals surface area contributed by atoms with Crippen LogP contribution in [0.15, 0.2) is 18.2 Å². The van der Waals surface area contributed by atoms with Crippen molar-refractivity contribution in [2.24, 2.45) is 0 Å². The Morgan fingerprint density at radius 1 is 1.30 bits per heavy atom. The summed E-state index contributed by atoms with van der Waals surface area (Å²) in [6.45, 7) is 2.51.